The molecule has 0 aromatic heterocycles. The second kappa shape index (κ2) is 6.08. The molecule has 1 heterocycles. The molecule has 1 atom stereocenters. The van der Waals surface area contributed by atoms with Gasteiger partial charge in [-0.2, -0.15) is 0 Å². The number of hydrogen-bond acceptors (Lipinski definition) is 3. The highest BCUT2D eigenvalue weighted by Gasteiger charge is 2.23. The van der Waals surface area contributed by atoms with Crippen molar-refractivity contribution >= 4 is 5.91 Å². The molecule has 1 unspecified atom stereocenters. The lowest BCUT2D eigenvalue weighted by molar-refractivity contribution is -0.135. The molecule has 1 N–H and O–H groups in total. The van der Waals surface area contributed by atoms with Crippen LogP contribution < -0.4 is 5.32 Å². The molecular formula is C11H22N2O2. The highest BCUT2D eigenvalue weighted by atomic mass is 16.5. The average molecular weight is 214 g/mol. The molecule has 0 aromatic carbocycles. The number of rotatable bonds is 5. The molecular weight excluding hydrogens is 192 g/mol. The maximum Gasteiger partial charge on any atom is 0.239 e. The van der Waals surface area contributed by atoms with E-state index >= 15 is 0 Å². The number of carbonyl (C=O) groups excluding carboxylic acids is 1. The Morgan fingerprint density at radius 2 is 2.33 bits per heavy atom. The van der Waals surface area contributed by atoms with Gasteiger partial charge in [0.05, 0.1) is 12.6 Å². The maximum atomic E-state index is 11.7. The predicted molar refractivity (Wildman–Crippen MR) is 59.7 cm³/mol. The molecule has 1 aliphatic heterocycles. The van der Waals surface area contributed by atoms with Crippen molar-refractivity contribution < 1.29 is 9.53 Å². The van der Waals surface area contributed by atoms with Crippen LogP contribution in [0.15, 0.2) is 0 Å². The van der Waals surface area contributed by atoms with Gasteiger partial charge in [-0.1, -0.05) is 13.8 Å². The second-order valence-corrected chi connectivity index (χ2v) is 4.47. The number of nitrogens with one attached hydrogen (secondary N) is 1. The Bertz CT molecular complexity index is 207. The van der Waals surface area contributed by atoms with Gasteiger partial charge in [-0.3, -0.25) is 4.79 Å². The first-order valence-electron chi connectivity index (χ1n) is 5.71. The normalized spacial score (nSPS) is 22.5. The van der Waals surface area contributed by atoms with E-state index in [-0.39, 0.29) is 11.9 Å². The van der Waals surface area contributed by atoms with Crippen LogP contribution in [-0.4, -0.2) is 49.7 Å². The molecule has 88 valence electrons. The van der Waals surface area contributed by atoms with Gasteiger partial charge in [-0.25, -0.2) is 0 Å². The first-order chi connectivity index (χ1) is 7.11. The highest BCUT2D eigenvalue weighted by Crippen LogP contribution is 2.01. The number of nitrogens with zero attached hydrogens (tertiary/aromatic N) is 1. The van der Waals surface area contributed by atoms with E-state index in [0.717, 1.165) is 26.2 Å². The van der Waals surface area contributed by atoms with Gasteiger partial charge < -0.3 is 15.0 Å². The molecule has 15 heavy (non-hydrogen) atoms. The Balaban J connectivity index is 2.17. The largest absolute Gasteiger partial charge is 0.379 e. The second-order valence-electron chi connectivity index (χ2n) is 4.47. The lowest BCUT2D eigenvalue weighted by atomic mass is 10.2. The van der Waals surface area contributed by atoms with Crippen molar-refractivity contribution in [2.45, 2.75) is 26.8 Å². The zero-order valence-corrected chi connectivity index (χ0v) is 9.95. The monoisotopic (exact) mass is 214 g/mol. The number of amides is 1. The Kier molecular flexibility index (Phi) is 5.05. The van der Waals surface area contributed by atoms with Gasteiger partial charge in [0.2, 0.25) is 5.91 Å². The molecule has 1 fully saturated rings. The molecule has 0 aromatic rings. The van der Waals surface area contributed by atoms with Crippen molar-refractivity contribution in [3.63, 3.8) is 0 Å². The third-order valence-corrected chi connectivity index (χ3v) is 2.47. The Morgan fingerprint density at radius 1 is 1.60 bits per heavy atom. The van der Waals surface area contributed by atoms with Crippen LogP contribution in [0.3, 0.4) is 0 Å². The van der Waals surface area contributed by atoms with Gasteiger partial charge in [0.15, 0.2) is 0 Å². The lowest BCUT2D eigenvalue weighted by Gasteiger charge is -2.31. The minimum Gasteiger partial charge on any atom is -0.379 e. The fraction of sp³-hybridized carbons (Fsp3) is 0.909. The molecule has 0 radical (unpaired) electrons. The summed E-state index contributed by atoms with van der Waals surface area (Å²) in [4.78, 5) is 13.5. The van der Waals surface area contributed by atoms with Gasteiger partial charge in [0.1, 0.15) is 0 Å². The van der Waals surface area contributed by atoms with E-state index in [1.807, 2.05) is 11.8 Å². The third kappa shape index (κ3) is 4.18. The average Bonchev–Trinajstić information content (AvgIpc) is 2.18. The van der Waals surface area contributed by atoms with Crippen LogP contribution in [0.4, 0.5) is 0 Å². The summed E-state index contributed by atoms with van der Waals surface area (Å²) in [6.07, 6.45) is 0. The van der Waals surface area contributed by atoms with Crippen LogP contribution in [0.25, 0.3) is 0 Å². The molecule has 4 heteroatoms. The fourth-order valence-electron chi connectivity index (χ4n) is 1.60. The molecule has 1 saturated heterocycles. The zero-order chi connectivity index (χ0) is 11.3. The van der Waals surface area contributed by atoms with Gasteiger partial charge in [0.25, 0.3) is 0 Å². The first-order valence-corrected chi connectivity index (χ1v) is 5.71. The smallest absolute Gasteiger partial charge is 0.239 e. The van der Waals surface area contributed by atoms with Crippen molar-refractivity contribution in [1.29, 1.82) is 0 Å². The molecule has 0 bridgehead atoms. The van der Waals surface area contributed by atoms with Crippen LogP contribution in [0.2, 0.25) is 0 Å². The molecule has 0 aliphatic carbocycles. The third-order valence-electron chi connectivity index (χ3n) is 2.47. The standard InChI is InChI=1S/C11H22N2O2/c1-9(2)8-15-7-6-13-5-4-12-10(3)11(13)14/h9-10,12H,4-8H2,1-3H3. The number of hydrogen-bond donors (Lipinski definition) is 1. The van der Waals surface area contributed by atoms with Crippen molar-refractivity contribution in [3.8, 4) is 0 Å². The Morgan fingerprint density at radius 3 is 3.00 bits per heavy atom. The summed E-state index contributed by atoms with van der Waals surface area (Å²) in [7, 11) is 0. The number of ether oxygens (including phenoxy) is 1. The van der Waals surface area contributed by atoms with Crippen molar-refractivity contribution in [3.05, 3.63) is 0 Å². The van der Waals surface area contributed by atoms with Crippen LogP contribution >= 0.6 is 0 Å². The molecule has 0 saturated carbocycles. The maximum absolute atomic E-state index is 11.7. The van der Waals surface area contributed by atoms with Crippen LogP contribution in [-0.2, 0) is 9.53 Å². The van der Waals surface area contributed by atoms with E-state index in [0.29, 0.717) is 12.5 Å². The fourth-order valence-corrected chi connectivity index (χ4v) is 1.60. The molecule has 1 aliphatic rings. The summed E-state index contributed by atoms with van der Waals surface area (Å²) in [5.41, 5.74) is 0. The van der Waals surface area contributed by atoms with Crippen molar-refractivity contribution in [1.82, 2.24) is 10.2 Å². The van der Waals surface area contributed by atoms with Crippen LogP contribution in [0, 0.1) is 5.92 Å². The summed E-state index contributed by atoms with van der Waals surface area (Å²) in [5.74, 6) is 0.747. The van der Waals surface area contributed by atoms with E-state index in [2.05, 4.69) is 19.2 Å². The summed E-state index contributed by atoms with van der Waals surface area (Å²) in [5, 5.41) is 3.14. The lowest BCUT2D eigenvalue weighted by Crippen LogP contribution is -2.54. The summed E-state index contributed by atoms with van der Waals surface area (Å²) >= 11 is 0. The van der Waals surface area contributed by atoms with Crippen LogP contribution in [0.5, 0.6) is 0 Å². The van der Waals surface area contributed by atoms with Gasteiger partial charge in [-0.15, -0.1) is 0 Å². The zero-order valence-electron chi connectivity index (χ0n) is 9.95. The quantitative estimate of drug-likeness (QED) is 0.677. The predicted octanol–water partition coefficient (Wildman–Crippen LogP) is 0.479. The van der Waals surface area contributed by atoms with E-state index in [9.17, 15) is 4.79 Å². The minimum absolute atomic E-state index is 0.0381. The first kappa shape index (κ1) is 12.5. The van der Waals surface area contributed by atoms with Gasteiger partial charge in [0, 0.05) is 26.2 Å². The number of carbonyl (C=O) groups is 1. The van der Waals surface area contributed by atoms with Crippen molar-refractivity contribution in [2.24, 2.45) is 5.92 Å². The minimum atomic E-state index is -0.0381. The van der Waals surface area contributed by atoms with Gasteiger partial charge in [-0.05, 0) is 12.8 Å². The van der Waals surface area contributed by atoms with E-state index in [1.165, 1.54) is 0 Å². The molecule has 0 spiro atoms. The molecule has 1 rings (SSSR count). The summed E-state index contributed by atoms with van der Waals surface area (Å²) in [6.45, 7) is 9.98. The highest BCUT2D eigenvalue weighted by molar-refractivity contribution is 5.82. The molecule has 4 nitrogen and oxygen atoms in total. The van der Waals surface area contributed by atoms with E-state index in [1.54, 1.807) is 0 Å². The number of piperazine rings is 1. The Hall–Kier alpha value is -0.610. The summed E-state index contributed by atoms with van der Waals surface area (Å²) in [6, 6.07) is -0.0381. The van der Waals surface area contributed by atoms with Crippen molar-refractivity contribution in [2.75, 3.05) is 32.8 Å². The van der Waals surface area contributed by atoms with E-state index in [4.69, 9.17) is 4.74 Å². The van der Waals surface area contributed by atoms with Crippen LogP contribution in [0.1, 0.15) is 20.8 Å². The topological polar surface area (TPSA) is 41.6 Å². The SMILES string of the molecule is CC(C)COCCN1CCNC(C)C1=O. The summed E-state index contributed by atoms with van der Waals surface area (Å²) < 4.78 is 5.47. The molecule has 1 amide bonds. The Labute approximate surface area is 92.0 Å². The van der Waals surface area contributed by atoms with Gasteiger partial charge >= 0.3 is 0 Å². The van der Waals surface area contributed by atoms with E-state index < -0.39 is 0 Å².